The van der Waals surface area contributed by atoms with E-state index >= 15 is 0 Å². The summed E-state index contributed by atoms with van der Waals surface area (Å²) in [6.07, 6.45) is 12.4. The van der Waals surface area contributed by atoms with Gasteiger partial charge in [-0.25, -0.2) is 0 Å². The highest BCUT2D eigenvalue weighted by atomic mass is 32.2. The van der Waals surface area contributed by atoms with Gasteiger partial charge in [0, 0.05) is 45.1 Å². The molecule has 1 unspecified atom stereocenters. The fourth-order valence-corrected chi connectivity index (χ4v) is 7.68. The summed E-state index contributed by atoms with van der Waals surface area (Å²) in [7, 11) is 1.79. The lowest BCUT2D eigenvalue weighted by molar-refractivity contribution is -0.144. The maximum absolute atomic E-state index is 13.9. The number of rotatable bonds is 8. The summed E-state index contributed by atoms with van der Waals surface area (Å²) in [4.78, 5) is 46.4. The lowest BCUT2D eigenvalue weighted by atomic mass is 9.78. The average molecular weight is 462 g/mol. The lowest BCUT2D eigenvalue weighted by Crippen LogP contribution is -2.53. The van der Waals surface area contributed by atoms with Gasteiger partial charge in [0.1, 0.15) is 6.04 Å². The first kappa shape index (κ1) is 23.4. The summed E-state index contributed by atoms with van der Waals surface area (Å²) >= 11 is 1.64. The van der Waals surface area contributed by atoms with Crippen molar-refractivity contribution in [1.29, 1.82) is 0 Å². The fourth-order valence-electron chi connectivity index (χ4n) is 5.67. The highest BCUT2D eigenvalue weighted by molar-refractivity contribution is 8.02. The smallest absolute Gasteiger partial charge is 0.247 e. The molecule has 2 fully saturated rings. The molecule has 4 heterocycles. The number of carbonyl (C=O) groups excluding carboxylic acids is 3. The van der Waals surface area contributed by atoms with Gasteiger partial charge < -0.3 is 19.8 Å². The zero-order chi connectivity index (χ0) is 22.9. The minimum Gasteiger partial charge on any atom is -0.396 e. The fraction of sp³-hybridized carbons (Fsp3) is 0.708. The van der Waals surface area contributed by atoms with Crippen LogP contribution in [0.15, 0.2) is 24.3 Å². The Morgan fingerprint density at radius 1 is 1.03 bits per heavy atom. The van der Waals surface area contributed by atoms with Gasteiger partial charge in [-0.2, -0.15) is 0 Å². The van der Waals surface area contributed by atoms with Crippen LogP contribution in [0.5, 0.6) is 0 Å². The van der Waals surface area contributed by atoms with Crippen LogP contribution in [0.1, 0.15) is 39.0 Å². The molecule has 0 aromatic rings. The van der Waals surface area contributed by atoms with Crippen LogP contribution in [0.2, 0.25) is 0 Å². The number of hydrogen-bond acceptors (Lipinski definition) is 5. The Morgan fingerprint density at radius 3 is 2.59 bits per heavy atom. The highest BCUT2D eigenvalue weighted by Crippen LogP contribution is 2.60. The van der Waals surface area contributed by atoms with Crippen LogP contribution in [-0.4, -0.2) is 93.4 Å². The molecule has 5 atom stereocenters. The first-order valence-electron chi connectivity index (χ1n) is 11.9. The Labute approximate surface area is 194 Å². The van der Waals surface area contributed by atoms with Crippen molar-refractivity contribution in [3.63, 3.8) is 0 Å². The van der Waals surface area contributed by atoms with Gasteiger partial charge in [0.25, 0.3) is 0 Å². The van der Waals surface area contributed by atoms with Gasteiger partial charge in [-0.3, -0.25) is 14.4 Å². The first-order valence-corrected chi connectivity index (χ1v) is 12.8. The molecule has 0 aromatic carbocycles. The second-order valence-corrected chi connectivity index (χ2v) is 10.8. The van der Waals surface area contributed by atoms with E-state index in [1.165, 1.54) is 0 Å². The van der Waals surface area contributed by atoms with Crippen molar-refractivity contribution in [2.45, 2.75) is 55.1 Å². The second-order valence-electron chi connectivity index (χ2n) is 9.34. The number of unbranched alkanes of at least 4 members (excludes halogenated alkanes) is 3. The first-order chi connectivity index (χ1) is 15.5. The maximum Gasteiger partial charge on any atom is 0.247 e. The maximum atomic E-state index is 13.9. The van der Waals surface area contributed by atoms with E-state index in [4.69, 9.17) is 5.11 Å². The molecule has 4 aliphatic heterocycles. The number of likely N-dealkylation sites (N-methyl/N-ethyl adjacent to an activating group) is 1. The summed E-state index contributed by atoms with van der Waals surface area (Å²) in [5, 5.41) is 9.03. The summed E-state index contributed by atoms with van der Waals surface area (Å²) < 4.78 is -0.709. The van der Waals surface area contributed by atoms with Gasteiger partial charge >= 0.3 is 0 Å². The minimum absolute atomic E-state index is 0.00320. The standard InChI is InChI=1S/C24H35N3O4S/c1-3-4-13-26-14-9-11-24-19(18-17(32-24)10-8-12-25(2)21(18)29)22(30)27(20(24)23(26)31)15-6-5-7-16-28/h8-11,17-20,28H,3-7,12-16H2,1-2H3/t17-,18+,19-,20?,24-/m0/s1. The molecule has 1 spiro atoms. The number of aliphatic hydroxyl groups excluding tert-OH is 1. The monoisotopic (exact) mass is 461 g/mol. The minimum atomic E-state index is -0.709. The van der Waals surface area contributed by atoms with E-state index in [0.717, 1.165) is 25.7 Å². The zero-order valence-electron chi connectivity index (χ0n) is 19.1. The third kappa shape index (κ3) is 3.79. The Morgan fingerprint density at radius 2 is 1.84 bits per heavy atom. The van der Waals surface area contributed by atoms with Crippen LogP contribution in [0.25, 0.3) is 0 Å². The molecular weight excluding hydrogens is 426 g/mol. The van der Waals surface area contributed by atoms with Crippen molar-refractivity contribution in [3.8, 4) is 0 Å². The van der Waals surface area contributed by atoms with Crippen molar-refractivity contribution < 1.29 is 19.5 Å². The molecule has 0 saturated carbocycles. The topological polar surface area (TPSA) is 81.2 Å². The van der Waals surface area contributed by atoms with Crippen LogP contribution in [0.4, 0.5) is 0 Å². The molecule has 4 aliphatic rings. The number of carbonyl (C=O) groups is 3. The largest absolute Gasteiger partial charge is 0.396 e. The molecule has 1 N–H and O–H groups in total. The van der Waals surface area contributed by atoms with Crippen LogP contribution >= 0.6 is 11.8 Å². The van der Waals surface area contributed by atoms with Gasteiger partial charge in [0.05, 0.1) is 16.6 Å². The third-order valence-corrected chi connectivity index (χ3v) is 9.03. The number of likely N-dealkylation sites (tertiary alicyclic amines) is 1. The summed E-state index contributed by atoms with van der Waals surface area (Å²) in [5.41, 5.74) is 0. The van der Waals surface area contributed by atoms with E-state index in [0.29, 0.717) is 32.6 Å². The second kappa shape index (κ2) is 9.59. The van der Waals surface area contributed by atoms with E-state index < -0.39 is 22.6 Å². The lowest BCUT2D eigenvalue weighted by Gasteiger charge is -2.35. The van der Waals surface area contributed by atoms with Crippen LogP contribution in [-0.2, 0) is 14.4 Å². The normalized spacial score (nSPS) is 34.0. The van der Waals surface area contributed by atoms with Gasteiger partial charge in [-0.1, -0.05) is 37.6 Å². The SMILES string of the molecule is CCCCN1CC=C[C@]23S[C@H]4C=CCN(C)C(=O)[C@H]4[C@H]2C(=O)N(CCCCCO)C3C1=O. The number of amides is 3. The van der Waals surface area contributed by atoms with E-state index in [1.807, 2.05) is 17.1 Å². The average Bonchev–Trinajstić information content (AvgIpc) is 3.10. The summed E-state index contributed by atoms with van der Waals surface area (Å²) in [5.74, 6) is -1.02. The molecule has 0 bridgehead atoms. The Balaban J connectivity index is 1.72. The van der Waals surface area contributed by atoms with Gasteiger partial charge in [0.15, 0.2) is 0 Å². The highest BCUT2D eigenvalue weighted by Gasteiger charge is 2.70. The van der Waals surface area contributed by atoms with Crippen LogP contribution in [0.3, 0.4) is 0 Å². The molecule has 0 aromatic heterocycles. The molecule has 0 aliphatic carbocycles. The van der Waals surface area contributed by atoms with E-state index in [2.05, 4.69) is 19.1 Å². The van der Waals surface area contributed by atoms with E-state index in [-0.39, 0.29) is 29.6 Å². The molecule has 176 valence electrons. The van der Waals surface area contributed by atoms with E-state index in [9.17, 15) is 14.4 Å². The van der Waals surface area contributed by atoms with Crippen LogP contribution < -0.4 is 0 Å². The number of thioether (sulfide) groups is 1. The van der Waals surface area contributed by atoms with Gasteiger partial charge in [0.2, 0.25) is 17.7 Å². The summed E-state index contributed by atoms with van der Waals surface area (Å²) in [6.45, 7) is 4.51. The number of aliphatic hydroxyl groups is 1. The van der Waals surface area contributed by atoms with Gasteiger partial charge in [-0.15, -0.1) is 11.8 Å². The van der Waals surface area contributed by atoms with Crippen molar-refractivity contribution in [2.75, 3.05) is 39.8 Å². The van der Waals surface area contributed by atoms with Gasteiger partial charge in [-0.05, 0) is 25.7 Å². The van der Waals surface area contributed by atoms with Crippen molar-refractivity contribution in [3.05, 3.63) is 24.3 Å². The van der Waals surface area contributed by atoms with E-state index in [1.54, 1.807) is 28.6 Å². The molecule has 8 heteroatoms. The molecular formula is C24H35N3O4S. The molecule has 3 amide bonds. The number of hydrogen-bond donors (Lipinski definition) is 1. The molecule has 2 saturated heterocycles. The Kier molecular flexibility index (Phi) is 7.00. The Hall–Kier alpha value is -1.80. The predicted octanol–water partition coefficient (Wildman–Crippen LogP) is 1.67. The molecule has 32 heavy (non-hydrogen) atoms. The van der Waals surface area contributed by atoms with Crippen molar-refractivity contribution >= 4 is 29.5 Å². The number of nitrogens with zero attached hydrogens (tertiary/aromatic N) is 3. The zero-order valence-corrected chi connectivity index (χ0v) is 19.9. The van der Waals surface area contributed by atoms with Crippen LogP contribution in [0, 0.1) is 11.8 Å². The number of fused-ring (bicyclic) bond motifs is 2. The van der Waals surface area contributed by atoms with Crippen molar-refractivity contribution in [1.82, 2.24) is 14.7 Å². The summed E-state index contributed by atoms with van der Waals surface area (Å²) in [6, 6.07) is -0.576. The quantitative estimate of drug-likeness (QED) is 0.439. The molecule has 4 rings (SSSR count). The molecule has 7 nitrogen and oxygen atoms in total. The van der Waals surface area contributed by atoms with Crippen molar-refractivity contribution in [2.24, 2.45) is 11.8 Å². The third-order valence-electron chi connectivity index (χ3n) is 7.28. The predicted molar refractivity (Wildman–Crippen MR) is 125 cm³/mol. The molecule has 0 radical (unpaired) electrons. The Bertz CT molecular complexity index is 815.